The fraction of sp³-hybridized carbons (Fsp3) is 0.111. The van der Waals surface area contributed by atoms with Crippen LogP contribution in [-0.4, -0.2) is 31.5 Å². The third-order valence-corrected chi connectivity index (χ3v) is 1.92. The molecule has 0 aliphatic carbocycles. The van der Waals surface area contributed by atoms with Crippen molar-refractivity contribution in [2.75, 3.05) is 0 Å². The molecule has 8 heteroatoms. The maximum Gasteiger partial charge on any atom is 0.270 e. The van der Waals surface area contributed by atoms with Crippen LogP contribution in [0.5, 0.6) is 0 Å². The maximum absolute atomic E-state index is 11.6. The lowest BCUT2D eigenvalue weighted by molar-refractivity contribution is 0.0945. The first kappa shape index (κ1) is 10.7. The van der Waals surface area contributed by atoms with E-state index in [1.807, 2.05) is 6.07 Å². The Labute approximate surface area is 95.7 Å². The zero-order valence-electron chi connectivity index (χ0n) is 8.58. The number of pyridine rings is 1. The van der Waals surface area contributed by atoms with Gasteiger partial charge in [0.25, 0.3) is 5.91 Å². The fourth-order valence-electron chi connectivity index (χ4n) is 1.10. The Balaban J connectivity index is 1.97. The number of amides is 1. The van der Waals surface area contributed by atoms with Gasteiger partial charge in [-0.1, -0.05) is 5.21 Å². The summed E-state index contributed by atoms with van der Waals surface area (Å²) in [4.78, 5) is 15.4. The van der Waals surface area contributed by atoms with Gasteiger partial charge >= 0.3 is 0 Å². The van der Waals surface area contributed by atoms with E-state index in [1.54, 1.807) is 0 Å². The molecule has 0 fully saturated rings. The van der Waals surface area contributed by atoms with E-state index in [0.717, 1.165) is 0 Å². The molecule has 0 spiro atoms. The lowest BCUT2D eigenvalue weighted by Gasteiger charge is -2.01. The van der Waals surface area contributed by atoms with Crippen LogP contribution in [0.4, 0.5) is 0 Å². The molecule has 2 aromatic rings. The number of tetrazole rings is 1. The zero-order chi connectivity index (χ0) is 12.1. The zero-order valence-corrected chi connectivity index (χ0v) is 8.58. The summed E-state index contributed by atoms with van der Waals surface area (Å²) in [7, 11) is 0. The van der Waals surface area contributed by atoms with Crippen LogP contribution in [0.15, 0.2) is 18.3 Å². The summed E-state index contributed by atoms with van der Waals surface area (Å²) in [5.74, 6) is 0.0197. The number of nitriles is 1. The van der Waals surface area contributed by atoms with Crippen molar-refractivity contribution in [2.45, 2.75) is 6.54 Å². The Bertz CT molecular complexity index is 540. The van der Waals surface area contributed by atoms with Gasteiger partial charge in [-0.15, -0.1) is 10.2 Å². The number of aromatic amines is 1. The van der Waals surface area contributed by atoms with Crippen LogP contribution in [-0.2, 0) is 6.54 Å². The minimum absolute atomic E-state index is 0.164. The molecule has 2 heterocycles. The van der Waals surface area contributed by atoms with Gasteiger partial charge in [0.1, 0.15) is 11.8 Å². The lowest BCUT2D eigenvalue weighted by atomic mass is 10.2. The van der Waals surface area contributed by atoms with Crippen LogP contribution in [0.3, 0.4) is 0 Å². The lowest BCUT2D eigenvalue weighted by Crippen LogP contribution is -2.24. The quantitative estimate of drug-likeness (QED) is 0.724. The first-order valence-electron chi connectivity index (χ1n) is 4.66. The third kappa shape index (κ3) is 2.60. The van der Waals surface area contributed by atoms with Crippen molar-refractivity contribution in [3.63, 3.8) is 0 Å². The van der Waals surface area contributed by atoms with E-state index in [9.17, 15) is 4.79 Å². The molecule has 2 aromatic heterocycles. The Hall–Kier alpha value is -2.82. The maximum atomic E-state index is 11.6. The first-order chi connectivity index (χ1) is 8.29. The van der Waals surface area contributed by atoms with Crippen molar-refractivity contribution < 1.29 is 4.79 Å². The Morgan fingerprint density at radius 2 is 2.41 bits per heavy atom. The number of nitrogens with one attached hydrogen (secondary N) is 2. The van der Waals surface area contributed by atoms with E-state index < -0.39 is 0 Å². The highest BCUT2D eigenvalue weighted by molar-refractivity contribution is 5.92. The van der Waals surface area contributed by atoms with E-state index in [-0.39, 0.29) is 18.1 Å². The Morgan fingerprint density at radius 1 is 1.53 bits per heavy atom. The second-order valence-corrected chi connectivity index (χ2v) is 3.05. The van der Waals surface area contributed by atoms with Crippen LogP contribution in [0.25, 0.3) is 0 Å². The molecule has 0 atom stereocenters. The topological polar surface area (TPSA) is 120 Å². The normalized spacial score (nSPS) is 9.59. The van der Waals surface area contributed by atoms with Gasteiger partial charge in [-0.25, -0.2) is 4.98 Å². The van der Waals surface area contributed by atoms with E-state index in [4.69, 9.17) is 5.26 Å². The van der Waals surface area contributed by atoms with Crippen molar-refractivity contribution >= 4 is 5.91 Å². The SMILES string of the molecule is N#Cc1ccc(C(=O)NCc2nn[nH]n2)nc1. The molecule has 0 radical (unpaired) electrons. The molecule has 0 aromatic carbocycles. The molecule has 84 valence electrons. The molecule has 8 nitrogen and oxygen atoms in total. The van der Waals surface area contributed by atoms with Crippen LogP contribution in [0.1, 0.15) is 21.9 Å². The number of carbonyl (C=O) groups excluding carboxylic acids is 1. The number of rotatable bonds is 3. The van der Waals surface area contributed by atoms with Gasteiger partial charge in [0.15, 0.2) is 5.82 Å². The van der Waals surface area contributed by atoms with E-state index in [2.05, 4.69) is 30.9 Å². The third-order valence-electron chi connectivity index (χ3n) is 1.92. The molecule has 0 bridgehead atoms. The minimum atomic E-state index is -0.362. The number of H-pyrrole nitrogens is 1. The molecule has 1 amide bonds. The summed E-state index contributed by atoms with van der Waals surface area (Å²) in [5.41, 5.74) is 0.632. The standard InChI is InChI=1S/C9H7N7O/c10-3-6-1-2-7(11-4-6)9(17)12-5-8-13-15-16-14-8/h1-2,4H,5H2,(H,12,17)(H,13,14,15,16). The van der Waals surface area contributed by atoms with Crippen LogP contribution >= 0.6 is 0 Å². The Morgan fingerprint density at radius 3 is 3.00 bits per heavy atom. The molecular weight excluding hydrogens is 222 g/mol. The summed E-state index contributed by atoms with van der Waals surface area (Å²) in [6.07, 6.45) is 1.34. The van der Waals surface area contributed by atoms with Crippen LogP contribution < -0.4 is 5.32 Å². The van der Waals surface area contributed by atoms with Gasteiger partial charge in [0, 0.05) is 6.20 Å². The minimum Gasteiger partial charge on any atom is -0.343 e. The highest BCUT2D eigenvalue weighted by Crippen LogP contribution is 1.98. The van der Waals surface area contributed by atoms with Crippen molar-refractivity contribution in [2.24, 2.45) is 0 Å². The summed E-state index contributed by atoms with van der Waals surface area (Å²) >= 11 is 0. The summed E-state index contributed by atoms with van der Waals surface area (Å²) in [6, 6.07) is 4.92. The van der Waals surface area contributed by atoms with E-state index >= 15 is 0 Å². The Kier molecular flexibility index (Phi) is 3.02. The number of hydrogen-bond acceptors (Lipinski definition) is 6. The molecule has 0 aliphatic heterocycles. The molecule has 0 saturated heterocycles. The highest BCUT2D eigenvalue weighted by Gasteiger charge is 2.07. The predicted octanol–water partition coefficient (Wildman–Crippen LogP) is -0.604. The number of hydrogen-bond donors (Lipinski definition) is 2. The van der Waals surface area contributed by atoms with Crippen molar-refractivity contribution in [1.82, 2.24) is 30.9 Å². The van der Waals surface area contributed by atoms with Crippen LogP contribution in [0, 0.1) is 11.3 Å². The van der Waals surface area contributed by atoms with E-state index in [0.29, 0.717) is 11.4 Å². The first-order valence-corrected chi connectivity index (χ1v) is 4.66. The largest absolute Gasteiger partial charge is 0.343 e. The highest BCUT2D eigenvalue weighted by atomic mass is 16.1. The second-order valence-electron chi connectivity index (χ2n) is 3.05. The van der Waals surface area contributed by atoms with Crippen molar-refractivity contribution in [1.29, 1.82) is 5.26 Å². The molecular formula is C9H7N7O. The molecule has 0 unspecified atom stereocenters. The molecule has 2 rings (SSSR count). The fourth-order valence-corrected chi connectivity index (χ4v) is 1.10. The molecule has 0 aliphatic rings. The summed E-state index contributed by atoms with van der Waals surface area (Å²) < 4.78 is 0. The number of aromatic nitrogens is 5. The molecule has 17 heavy (non-hydrogen) atoms. The van der Waals surface area contributed by atoms with Gasteiger partial charge in [-0.05, 0) is 12.1 Å². The van der Waals surface area contributed by atoms with Crippen LogP contribution in [0.2, 0.25) is 0 Å². The van der Waals surface area contributed by atoms with Crippen molar-refractivity contribution in [3.8, 4) is 6.07 Å². The van der Waals surface area contributed by atoms with Gasteiger partial charge in [0.2, 0.25) is 0 Å². The molecule has 0 saturated carbocycles. The van der Waals surface area contributed by atoms with E-state index in [1.165, 1.54) is 18.3 Å². The average molecular weight is 229 g/mol. The van der Waals surface area contributed by atoms with Crippen molar-refractivity contribution in [3.05, 3.63) is 35.4 Å². The summed E-state index contributed by atoms with van der Waals surface area (Å²) in [6.45, 7) is 0.164. The van der Waals surface area contributed by atoms with Gasteiger partial charge in [-0.2, -0.15) is 10.5 Å². The van der Waals surface area contributed by atoms with Gasteiger partial charge < -0.3 is 5.32 Å². The average Bonchev–Trinajstić information content (AvgIpc) is 2.89. The van der Waals surface area contributed by atoms with Gasteiger partial charge in [0.05, 0.1) is 12.1 Å². The smallest absolute Gasteiger partial charge is 0.270 e. The molecule has 2 N–H and O–H groups in total. The predicted molar refractivity (Wildman–Crippen MR) is 54.3 cm³/mol. The van der Waals surface area contributed by atoms with Gasteiger partial charge in [-0.3, -0.25) is 4.79 Å². The number of carbonyl (C=O) groups is 1. The second kappa shape index (κ2) is 4.80. The summed E-state index contributed by atoms with van der Waals surface area (Å²) in [5, 5.41) is 24.1. The number of nitrogens with zero attached hydrogens (tertiary/aromatic N) is 5. The monoisotopic (exact) mass is 229 g/mol.